The molecule has 0 aliphatic heterocycles. The lowest BCUT2D eigenvalue weighted by atomic mass is 10.1. The molecule has 6 N–H and O–H groups in total. The van der Waals surface area contributed by atoms with Gasteiger partial charge >= 0.3 is 0 Å². The summed E-state index contributed by atoms with van der Waals surface area (Å²) in [6, 6.07) is 11.1. The summed E-state index contributed by atoms with van der Waals surface area (Å²) in [6.07, 6.45) is 1.68. The summed E-state index contributed by atoms with van der Waals surface area (Å²) in [5, 5.41) is 14.8. The summed E-state index contributed by atoms with van der Waals surface area (Å²) in [5.74, 6) is -1.13. The van der Waals surface area contributed by atoms with Crippen molar-refractivity contribution in [2.24, 2.45) is 18.5 Å². The van der Waals surface area contributed by atoms with Gasteiger partial charge in [0.1, 0.15) is 22.7 Å². The highest BCUT2D eigenvalue weighted by atomic mass is 28.4. The van der Waals surface area contributed by atoms with E-state index in [4.69, 9.17) is 30.6 Å². The standard InChI is InChI=1S/C44H60N12O6Si/c1-12-54-35(21-26(3)52-54)41(60)50-43-48-32-23-30(39(46)58)24-36(61-18-13-19-62-63(10,11)44(6,7)8)37(32)56(43)28(5)15-14-27(4)55-33-17-16-29(38(45)57)22-31(33)47-42(55)49-40(59)34-20-25(2)51-53(34)9/h16-17,20-24,27-28H,12-15,18-19H2,1-11H3,(H2,45,57)(H2,46,58)(H,47,49,59)(H,48,50,60). The van der Waals surface area contributed by atoms with E-state index in [0.29, 0.717) is 83.0 Å². The van der Waals surface area contributed by atoms with Gasteiger partial charge < -0.3 is 29.8 Å². The maximum absolute atomic E-state index is 14.0. The second kappa shape index (κ2) is 18.2. The number of fused-ring (bicyclic) bond motifs is 2. The number of nitrogens with two attached hydrogens (primary N) is 2. The van der Waals surface area contributed by atoms with Crippen molar-refractivity contribution >= 4 is 65.9 Å². The SMILES string of the molecule is CCn1nc(C)cc1C(=O)Nc1nc2cc(C(N)=O)cc(OCCCO[Si](C)(C)C(C)(C)C)c2n1C(C)CCC(C)n1c(NC(=O)c2cc(C)nn2C)nc2cc(C(N)=O)ccc21. The van der Waals surface area contributed by atoms with Gasteiger partial charge in [0.15, 0.2) is 8.32 Å². The van der Waals surface area contributed by atoms with Gasteiger partial charge in [-0.15, -0.1) is 0 Å². The van der Waals surface area contributed by atoms with Crippen molar-refractivity contribution in [1.29, 1.82) is 0 Å². The molecule has 6 aromatic rings. The van der Waals surface area contributed by atoms with Crippen LogP contribution in [-0.4, -0.2) is 83.8 Å². The molecule has 0 fully saturated rings. The zero-order valence-corrected chi connectivity index (χ0v) is 39.1. The Balaban J connectivity index is 1.36. The molecule has 0 aliphatic carbocycles. The highest BCUT2D eigenvalue weighted by Crippen LogP contribution is 2.38. The Morgan fingerprint density at radius 1 is 0.778 bits per heavy atom. The number of benzene rings is 2. The molecule has 2 atom stereocenters. The van der Waals surface area contributed by atoms with E-state index in [1.54, 1.807) is 61.1 Å². The fraction of sp³-hybridized carbons (Fsp3) is 0.455. The molecular formula is C44H60N12O6Si. The molecule has 63 heavy (non-hydrogen) atoms. The largest absolute Gasteiger partial charge is 0.491 e. The molecule has 6 rings (SSSR count). The number of nitrogens with one attached hydrogen (secondary N) is 2. The molecule has 18 nitrogen and oxygen atoms in total. The number of carbonyl (C=O) groups excluding carboxylic acids is 4. The number of hydrogen-bond acceptors (Lipinski definition) is 10. The molecule has 4 amide bonds. The maximum Gasteiger partial charge on any atom is 0.276 e. The minimum Gasteiger partial charge on any atom is -0.491 e. The molecule has 0 aliphatic rings. The molecule has 336 valence electrons. The van der Waals surface area contributed by atoms with Gasteiger partial charge in [0.05, 0.1) is 34.5 Å². The van der Waals surface area contributed by atoms with Crippen LogP contribution in [0.2, 0.25) is 18.1 Å². The third-order valence-electron chi connectivity index (χ3n) is 11.8. The molecule has 4 heterocycles. The van der Waals surface area contributed by atoms with Crippen LogP contribution in [-0.2, 0) is 18.0 Å². The molecule has 4 aromatic heterocycles. The number of aromatic nitrogens is 8. The zero-order chi connectivity index (χ0) is 46.1. The Morgan fingerprint density at radius 3 is 1.95 bits per heavy atom. The van der Waals surface area contributed by atoms with E-state index in [0.717, 1.165) is 0 Å². The fourth-order valence-electron chi connectivity index (χ4n) is 7.40. The van der Waals surface area contributed by atoms with Gasteiger partial charge in [-0.3, -0.25) is 39.2 Å². The minimum atomic E-state index is -1.99. The number of ether oxygens (including phenoxy) is 1. The predicted octanol–water partition coefficient (Wildman–Crippen LogP) is 7.05. The zero-order valence-electron chi connectivity index (χ0n) is 38.1. The lowest BCUT2D eigenvalue weighted by Crippen LogP contribution is -2.41. The predicted molar refractivity (Wildman–Crippen MR) is 245 cm³/mol. The molecule has 0 radical (unpaired) electrons. The number of amides is 4. The van der Waals surface area contributed by atoms with Crippen molar-refractivity contribution in [2.45, 2.75) is 111 Å². The van der Waals surface area contributed by atoms with Crippen LogP contribution >= 0.6 is 0 Å². The van der Waals surface area contributed by atoms with Crippen LogP contribution in [0.3, 0.4) is 0 Å². The quantitative estimate of drug-likeness (QED) is 0.0507. The third kappa shape index (κ3) is 9.83. The topological polar surface area (TPSA) is 234 Å². The van der Waals surface area contributed by atoms with Crippen molar-refractivity contribution in [3.63, 3.8) is 0 Å². The first kappa shape index (κ1) is 46.2. The highest BCUT2D eigenvalue weighted by Gasteiger charge is 2.37. The van der Waals surface area contributed by atoms with E-state index >= 15 is 0 Å². The van der Waals surface area contributed by atoms with Gasteiger partial charge in [0.2, 0.25) is 23.7 Å². The summed E-state index contributed by atoms with van der Waals surface area (Å²) in [4.78, 5) is 61.9. The number of imidazole rings is 2. The monoisotopic (exact) mass is 880 g/mol. The number of carbonyl (C=O) groups is 4. The van der Waals surface area contributed by atoms with Gasteiger partial charge in [-0.1, -0.05) is 20.8 Å². The van der Waals surface area contributed by atoms with E-state index < -0.39 is 31.9 Å². The fourth-order valence-corrected chi connectivity index (χ4v) is 8.49. The summed E-state index contributed by atoms with van der Waals surface area (Å²) in [7, 11) is -0.293. The van der Waals surface area contributed by atoms with Gasteiger partial charge in [0.25, 0.3) is 11.8 Å². The van der Waals surface area contributed by atoms with Crippen LogP contribution in [0, 0.1) is 13.8 Å². The first-order valence-electron chi connectivity index (χ1n) is 21.2. The lowest BCUT2D eigenvalue weighted by molar-refractivity contribution is 0.0992. The van der Waals surface area contributed by atoms with Crippen molar-refractivity contribution in [1.82, 2.24) is 38.7 Å². The Hall–Kier alpha value is -6.34. The third-order valence-corrected chi connectivity index (χ3v) is 16.4. The van der Waals surface area contributed by atoms with Crippen LogP contribution in [0.25, 0.3) is 22.1 Å². The van der Waals surface area contributed by atoms with Crippen LogP contribution in [0.15, 0.2) is 42.5 Å². The number of anilines is 2. The summed E-state index contributed by atoms with van der Waals surface area (Å²) in [6.45, 7) is 21.8. The average Bonchev–Trinajstić information content (AvgIpc) is 3.97. The van der Waals surface area contributed by atoms with Crippen molar-refractivity contribution in [3.8, 4) is 5.75 Å². The van der Waals surface area contributed by atoms with Crippen molar-refractivity contribution in [2.75, 3.05) is 23.8 Å². The van der Waals surface area contributed by atoms with Crippen molar-refractivity contribution < 1.29 is 28.3 Å². The molecule has 0 spiro atoms. The van der Waals surface area contributed by atoms with Gasteiger partial charge in [-0.25, -0.2) is 9.97 Å². The normalized spacial score (nSPS) is 13.1. The molecule has 0 saturated carbocycles. The van der Waals surface area contributed by atoms with E-state index in [1.807, 2.05) is 36.8 Å². The molecule has 0 bridgehead atoms. The summed E-state index contributed by atoms with van der Waals surface area (Å²) < 4.78 is 19.8. The second-order valence-electron chi connectivity index (χ2n) is 17.7. The molecule has 19 heteroatoms. The lowest BCUT2D eigenvalue weighted by Gasteiger charge is -2.36. The van der Waals surface area contributed by atoms with Crippen LogP contribution < -0.4 is 26.8 Å². The van der Waals surface area contributed by atoms with Gasteiger partial charge in [-0.05, 0) is 108 Å². The molecule has 0 saturated heterocycles. The van der Waals surface area contributed by atoms with Crippen LogP contribution in [0.1, 0.15) is 126 Å². The number of aryl methyl sites for hydroxylation is 4. The van der Waals surface area contributed by atoms with E-state index in [9.17, 15) is 19.2 Å². The Bertz CT molecular complexity index is 2700. The number of nitrogens with zero attached hydrogens (tertiary/aromatic N) is 8. The Labute approximate surface area is 367 Å². The first-order valence-corrected chi connectivity index (χ1v) is 24.1. The van der Waals surface area contributed by atoms with Crippen molar-refractivity contribution in [3.05, 3.63) is 76.4 Å². The van der Waals surface area contributed by atoms with Crippen LogP contribution in [0.4, 0.5) is 11.9 Å². The van der Waals surface area contributed by atoms with E-state index in [2.05, 4.69) is 54.7 Å². The number of rotatable bonds is 18. The second-order valence-corrected chi connectivity index (χ2v) is 22.5. The summed E-state index contributed by atoms with van der Waals surface area (Å²) >= 11 is 0. The van der Waals surface area contributed by atoms with Crippen LogP contribution in [0.5, 0.6) is 5.75 Å². The molecular weight excluding hydrogens is 821 g/mol. The smallest absolute Gasteiger partial charge is 0.276 e. The Morgan fingerprint density at radius 2 is 1.35 bits per heavy atom. The summed E-state index contributed by atoms with van der Waals surface area (Å²) in [5.41, 5.74) is 16.2. The van der Waals surface area contributed by atoms with Gasteiger partial charge in [-0.2, -0.15) is 10.2 Å². The van der Waals surface area contributed by atoms with Gasteiger partial charge in [0, 0.05) is 49.8 Å². The molecule has 2 unspecified atom stereocenters. The Kier molecular flexibility index (Phi) is 13.3. The number of primary amides is 2. The molecule has 2 aromatic carbocycles. The average molecular weight is 881 g/mol. The highest BCUT2D eigenvalue weighted by molar-refractivity contribution is 6.74. The minimum absolute atomic E-state index is 0.0537. The van der Waals surface area contributed by atoms with E-state index in [1.165, 1.54) is 4.68 Å². The number of hydrogen-bond donors (Lipinski definition) is 4. The first-order chi connectivity index (χ1) is 29.6. The van der Waals surface area contributed by atoms with E-state index in [-0.39, 0.29) is 46.8 Å². The maximum atomic E-state index is 14.0.